The van der Waals surface area contributed by atoms with Crippen LogP contribution in [0.1, 0.15) is 41.0 Å². The smallest absolute Gasteiger partial charge is 0.271 e. The molecule has 1 amide bonds. The van der Waals surface area contributed by atoms with E-state index in [0.717, 1.165) is 31.5 Å². The van der Waals surface area contributed by atoms with E-state index in [1.807, 2.05) is 41.2 Å². The lowest BCUT2D eigenvalue weighted by molar-refractivity contribution is 0.0910. The van der Waals surface area contributed by atoms with Gasteiger partial charge in [-0.2, -0.15) is 5.10 Å². The Hall–Kier alpha value is -2.18. The molecule has 1 aromatic heterocycles. The number of nitrogens with zero attached hydrogens (tertiary/aromatic N) is 2. The Morgan fingerprint density at radius 1 is 1.39 bits per heavy atom. The first-order valence-corrected chi connectivity index (χ1v) is 8.01. The summed E-state index contributed by atoms with van der Waals surface area (Å²) in [7, 11) is 0. The van der Waals surface area contributed by atoms with Gasteiger partial charge in [0.05, 0.1) is 12.1 Å². The molecule has 2 heterocycles. The summed E-state index contributed by atoms with van der Waals surface area (Å²) in [5.41, 5.74) is 1.17. The van der Waals surface area contributed by atoms with E-state index < -0.39 is 6.10 Å². The van der Waals surface area contributed by atoms with Crippen LogP contribution in [0.25, 0.3) is 0 Å². The first-order valence-electron chi connectivity index (χ1n) is 8.01. The van der Waals surface area contributed by atoms with Crippen LogP contribution < -0.4 is 10.6 Å². The van der Waals surface area contributed by atoms with E-state index in [2.05, 4.69) is 15.7 Å². The standard InChI is InChI=1S/C17H22N4O2/c22-16(13-5-2-1-3-6-13)12-19-17(23)15-8-10-21(20-15)14-7-4-9-18-11-14/h1-3,5-6,8,10,14,16,18,22H,4,7,9,11-12H2,(H,19,23). The number of amides is 1. The number of hydrogen-bond donors (Lipinski definition) is 3. The lowest BCUT2D eigenvalue weighted by Crippen LogP contribution is -2.32. The van der Waals surface area contributed by atoms with Crippen LogP contribution in [-0.4, -0.2) is 40.4 Å². The molecule has 2 atom stereocenters. The Kier molecular flexibility index (Phi) is 5.05. The number of aromatic nitrogens is 2. The van der Waals surface area contributed by atoms with Crippen LogP contribution in [0.5, 0.6) is 0 Å². The molecular formula is C17H22N4O2. The zero-order chi connectivity index (χ0) is 16.1. The number of carbonyl (C=O) groups excluding carboxylic acids is 1. The number of benzene rings is 1. The average molecular weight is 314 g/mol. The Balaban J connectivity index is 1.55. The predicted octanol–water partition coefficient (Wildman–Crippen LogP) is 1.27. The highest BCUT2D eigenvalue weighted by Crippen LogP contribution is 2.16. The minimum atomic E-state index is -0.718. The lowest BCUT2D eigenvalue weighted by atomic mass is 10.1. The molecule has 3 rings (SSSR count). The molecule has 1 saturated heterocycles. The Labute approximate surface area is 135 Å². The number of piperidine rings is 1. The van der Waals surface area contributed by atoms with Crippen LogP contribution in [0.15, 0.2) is 42.6 Å². The zero-order valence-corrected chi connectivity index (χ0v) is 13.0. The van der Waals surface area contributed by atoms with Crippen LogP contribution in [0.2, 0.25) is 0 Å². The SMILES string of the molecule is O=C(NCC(O)c1ccccc1)c1ccn(C2CCCNC2)n1. The minimum Gasteiger partial charge on any atom is -0.387 e. The van der Waals surface area contributed by atoms with E-state index in [1.165, 1.54) is 0 Å². The van der Waals surface area contributed by atoms with Gasteiger partial charge in [0.15, 0.2) is 0 Å². The maximum absolute atomic E-state index is 12.2. The maximum atomic E-state index is 12.2. The van der Waals surface area contributed by atoms with Gasteiger partial charge in [0.1, 0.15) is 5.69 Å². The second-order valence-electron chi connectivity index (χ2n) is 5.82. The molecule has 0 spiro atoms. The third-order valence-corrected chi connectivity index (χ3v) is 4.13. The first kappa shape index (κ1) is 15.7. The van der Waals surface area contributed by atoms with Crippen LogP contribution in [0.3, 0.4) is 0 Å². The van der Waals surface area contributed by atoms with E-state index in [0.29, 0.717) is 11.7 Å². The molecule has 0 aliphatic carbocycles. The number of nitrogens with one attached hydrogen (secondary N) is 2. The van der Waals surface area contributed by atoms with Crippen molar-refractivity contribution in [1.82, 2.24) is 20.4 Å². The summed E-state index contributed by atoms with van der Waals surface area (Å²) < 4.78 is 1.86. The van der Waals surface area contributed by atoms with Gasteiger partial charge in [-0.25, -0.2) is 0 Å². The monoisotopic (exact) mass is 314 g/mol. The maximum Gasteiger partial charge on any atom is 0.271 e. The van der Waals surface area contributed by atoms with Gasteiger partial charge in [-0.15, -0.1) is 0 Å². The molecule has 2 aromatic rings. The van der Waals surface area contributed by atoms with Crippen molar-refractivity contribution in [3.63, 3.8) is 0 Å². The predicted molar refractivity (Wildman–Crippen MR) is 87.1 cm³/mol. The van der Waals surface area contributed by atoms with E-state index >= 15 is 0 Å². The summed E-state index contributed by atoms with van der Waals surface area (Å²) >= 11 is 0. The number of aliphatic hydroxyl groups is 1. The van der Waals surface area contributed by atoms with Crippen molar-refractivity contribution in [1.29, 1.82) is 0 Å². The first-order chi connectivity index (χ1) is 11.2. The highest BCUT2D eigenvalue weighted by molar-refractivity contribution is 5.92. The van der Waals surface area contributed by atoms with Crippen molar-refractivity contribution in [2.75, 3.05) is 19.6 Å². The molecule has 0 bridgehead atoms. The molecule has 122 valence electrons. The quantitative estimate of drug-likeness (QED) is 0.776. The van der Waals surface area contributed by atoms with Crippen molar-refractivity contribution < 1.29 is 9.90 Å². The van der Waals surface area contributed by atoms with Gasteiger partial charge >= 0.3 is 0 Å². The van der Waals surface area contributed by atoms with E-state index in [-0.39, 0.29) is 12.5 Å². The van der Waals surface area contributed by atoms with Crippen molar-refractivity contribution in [3.8, 4) is 0 Å². The van der Waals surface area contributed by atoms with E-state index in [1.54, 1.807) is 6.07 Å². The summed E-state index contributed by atoms with van der Waals surface area (Å²) in [5, 5.41) is 20.5. The Bertz CT molecular complexity index is 635. The molecule has 0 radical (unpaired) electrons. The molecule has 0 saturated carbocycles. The number of hydrogen-bond acceptors (Lipinski definition) is 4. The van der Waals surface area contributed by atoms with Gasteiger partial charge in [-0.3, -0.25) is 9.48 Å². The molecule has 6 heteroatoms. The molecule has 2 unspecified atom stereocenters. The summed E-state index contributed by atoms with van der Waals surface area (Å²) in [4.78, 5) is 12.2. The highest BCUT2D eigenvalue weighted by Gasteiger charge is 2.18. The molecule has 1 aliphatic heterocycles. The second-order valence-corrected chi connectivity index (χ2v) is 5.82. The number of carbonyl (C=O) groups is 1. The minimum absolute atomic E-state index is 0.167. The van der Waals surface area contributed by atoms with Crippen molar-refractivity contribution >= 4 is 5.91 Å². The van der Waals surface area contributed by atoms with Gasteiger partial charge in [0.2, 0.25) is 0 Å². The third-order valence-electron chi connectivity index (χ3n) is 4.13. The van der Waals surface area contributed by atoms with Crippen LogP contribution in [0, 0.1) is 0 Å². The van der Waals surface area contributed by atoms with Crippen LogP contribution in [0.4, 0.5) is 0 Å². The molecule has 3 N–H and O–H groups in total. The fourth-order valence-electron chi connectivity index (χ4n) is 2.79. The van der Waals surface area contributed by atoms with E-state index in [4.69, 9.17) is 0 Å². The fraction of sp³-hybridized carbons (Fsp3) is 0.412. The normalized spacial score (nSPS) is 19.3. The van der Waals surface area contributed by atoms with Gasteiger partial charge in [0, 0.05) is 19.3 Å². The van der Waals surface area contributed by atoms with Gasteiger partial charge < -0.3 is 15.7 Å². The summed E-state index contributed by atoms with van der Waals surface area (Å²) in [6.45, 7) is 2.10. The second kappa shape index (κ2) is 7.39. The zero-order valence-electron chi connectivity index (χ0n) is 13.0. The number of aliphatic hydroxyl groups excluding tert-OH is 1. The third kappa shape index (κ3) is 3.97. The van der Waals surface area contributed by atoms with Gasteiger partial charge in [-0.05, 0) is 31.0 Å². The van der Waals surface area contributed by atoms with Crippen molar-refractivity contribution in [3.05, 3.63) is 53.9 Å². The summed E-state index contributed by atoms with van der Waals surface area (Å²) in [6, 6.07) is 11.3. The van der Waals surface area contributed by atoms with E-state index in [9.17, 15) is 9.90 Å². The Morgan fingerprint density at radius 2 is 2.22 bits per heavy atom. The summed E-state index contributed by atoms with van der Waals surface area (Å²) in [6.07, 6.45) is 3.32. The molecular weight excluding hydrogens is 292 g/mol. The molecule has 23 heavy (non-hydrogen) atoms. The lowest BCUT2D eigenvalue weighted by Gasteiger charge is -2.22. The molecule has 6 nitrogen and oxygen atoms in total. The van der Waals surface area contributed by atoms with Gasteiger partial charge in [-0.1, -0.05) is 30.3 Å². The van der Waals surface area contributed by atoms with Crippen molar-refractivity contribution in [2.24, 2.45) is 0 Å². The number of rotatable bonds is 5. The topological polar surface area (TPSA) is 79.2 Å². The largest absolute Gasteiger partial charge is 0.387 e. The summed E-state index contributed by atoms with van der Waals surface area (Å²) in [5.74, 6) is -0.262. The molecule has 1 aliphatic rings. The molecule has 1 fully saturated rings. The van der Waals surface area contributed by atoms with Crippen molar-refractivity contribution in [2.45, 2.75) is 25.0 Å². The fourth-order valence-corrected chi connectivity index (χ4v) is 2.79. The highest BCUT2D eigenvalue weighted by atomic mass is 16.3. The van der Waals surface area contributed by atoms with Crippen LogP contribution in [-0.2, 0) is 0 Å². The molecule has 1 aromatic carbocycles. The average Bonchev–Trinajstić information content (AvgIpc) is 3.11. The van der Waals surface area contributed by atoms with Crippen LogP contribution >= 0.6 is 0 Å². The Morgan fingerprint density at radius 3 is 2.96 bits per heavy atom. The van der Waals surface area contributed by atoms with Gasteiger partial charge in [0.25, 0.3) is 5.91 Å².